The molecule has 1 N–H and O–H groups in total. The molecule has 0 fully saturated rings. The molecule has 0 unspecified atom stereocenters. The Hall–Kier alpha value is -1.58. The number of furan rings is 1. The first-order valence-electron chi connectivity index (χ1n) is 7.25. The number of hydrogen-bond donors (Lipinski definition) is 1. The van der Waals surface area contributed by atoms with Crippen LogP contribution in [-0.2, 0) is 26.1 Å². The van der Waals surface area contributed by atoms with E-state index in [-0.39, 0.29) is 0 Å². The number of rotatable bonds is 4. The number of fused-ring (bicyclic) bond motifs is 1. The third-order valence-electron chi connectivity index (χ3n) is 4.02. The minimum atomic E-state index is 0.928. The maximum Gasteiger partial charge on any atom is 0.105 e. The Morgan fingerprint density at radius 3 is 2.90 bits per heavy atom. The first-order valence-corrected chi connectivity index (χ1v) is 7.25. The number of nitrogens with zero attached hydrogens (tertiary/aromatic N) is 1. The quantitative estimate of drug-likeness (QED) is 0.926. The van der Waals surface area contributed by atoms with E-state index in [4.69, 9.17) is 4.42 Å². The Bertz CT molecular complexity index is 588. The smallest absolute Gasteiger partial charge is 0.105 e. The van der Waals surface area contributed by atoms with Gasteiger partial charge < -0.3 is 9.73 Å². The van der Waals surface area contributed by atoms with Gasteiger partial charge in [0, 0.05) is 25.2 Å². The van der Waals surface area contributed by atoms with Gasteiger partial charge in [0.1, 0.15) is 5.76 Å². The SMILES string of the molecule is Cc1occc1CN(C)Cc1ccc2c(c1)CNCC2. The lowest BCUT2D eigenvalue weighted by molar-refractivity contribution is 0.316. The van der Waals surface area contributed by atoms with Crippen LogP contribution in [-0.4, -0.2) is 18.5 Å². The molecule has 0 radical (unpaired) electrons. The molecule has 2 aromatic rings. The van der Waals surface area contributed by atoms with Crippen LogP contribution in [0.4, 0.5) is 0 Å². The van der Waals surface area contributed by atoms with E-state index < -0.39 is 0 Å². The summed E-state index contributed by atoms with van der Waals surface area (Å²) in [6.45, 7) is 6.03. The fourth-order valence-corrected chi connectivity index (χ4v) is 2.87. The number of aryl methyl sites for hydroxylation is 1. The highest BCUT2D eigenvalue weighted by atomic mass is 16.3. The molecular weight excluding hydrogens is 248 g/mol. The van der Waals surface area contributed by atoms with Crippen molar-refractivity contribution in [2.75, 3.05) is 13.6 Å². The third-order valence-corrected chi connectivity index (χ3v) is 4.02. The largest absolute Gasteiger partial charge is 0.469 e. The molecule has 106 valence electrons. The summed E-state index contributed by atoms with van der Waals surface area (Å²) in [5.41, 5.74) is 5.62. The van der Waals surface area contributed by atoms with Crippen molar-refractivity contribution in [1.82, 2.24) is 10.2 Å². The molecule has 0 saturated carbocycles. The molecule has 0 aliphatic carbocycles. The molecule has 3 rings (SSSR count). The summed E-state index contributed by atoms with van der Waals surface area (Å²) in [5.74, 6) is 1.02. The molecule has 0 bridgehead atoms. The van der Waals surface area contributed by atoms with E-state index in [0.717, 1.165) is 38.4 Å². The highest BCUT2D eigenvalue weighted by Gasteiger charge is 2.10. The summed E-state index contributed by atoms with van der Waals surface area (Å²) in [6, 6.07) is 8.97. The molecule has 0 atom stereocenters. The molecule has 0 amide bonds. The molecule has 3 nitrogen and oxygen atoms in total. The highest BCUT2D eigenvalue weighted by molar-refractivity contribution is 5.33. The Morgan fingerprint density at radius 1 is 1.20 bits per heavy atom. The summed E-state index contributed by atoms with van der Waals surface area (Å²) in [6.07, 6.45) is 2.92. The third kappa shape index (κ3) is 2.94. The lowest BCUT2D eigenvalue weighted by atomic mass is 9.98. The van der Waals surface area contributed by atoms with Crippen LogP contribution < -0.4 is 5.32 Å². The molecule has 0 spiro atoms. The molecular formula is C17H22N2O. The monoisotopic (exact) mass is 270 g/mol. The van der Waals surface area contributed by atoms with Gasteiger partial charge in [0.2, 0.25) is 0 Å². The van der Waals surface area contributed by atoms with Crippen LogP contribution in [0.15, 0.2) is 34.9 Å². The van der Waals surface area contributed by atoms with Gasteiger partial charge in [-0.2, -0.15) is 0 Å². The first kappa shape index (κ1) is 13.4. The standard InChI is InChI=1S/C17H22N2O/c1-13-16(6-8-20-13)12-19(2)11-14-3-4-15-5-7-18-10-17(15)9-14/h3-4,6,8-9,18H,5,7,10-12H2,1-2H3. The van der Waals surface area contributed by atoms with Gasteiger partial charge in [0.25, 0.3) is 0 Å². The molecule has 3 heteroatoms. The lowest BCUT2D eigenvalue weighted by Crippen LogP contribution is -2.24. The van der Waals surface area contributed by atoms with Crippen molar-refractivity contribution in [3.63, 3.8) is 0 Å². The van der Waals surface area contributed by atoms with Crippen LogP contribution in [0.1, 0.15) is 28.0 Å². The Labute approximate surface area is 120 Å². The number of benzene rings is 1. The maximum absolute atomic E-state index is 5.36. The van der Waals surface area contributed by atoms with Crippen molar-refractivity contribution < 1.29 is 4.42 Å². The van der Waals surface area contributed by atoms with Crippen molar-refractivity contribution in [3.05, 3.63) is 58.5 Å². The zero-order valence-electron chi connectivity index (χ0n) is 12.3. The molecule has 1 aromatic heterocycles. The van der Waals surface area contributed by atoms with E-state index in [2.05, 4.69) is 41.5 Å². The van der Waals surface area contributed by atoms with Gasteiger partial charge in [0.05, 0.1) is 6.26 Å². The van der Waals surface area contributed by atoms with Gasteiger partial charge in [-0.3, -0.25) is 4.90 Å². The normalized spacial score (nSPS) is 14.6. The fraction of sp³-hybridized carbons (Fsp3) is 0.412. The van der Waals surface area contributed by atoms with Crippen molar-refractivity contribution in [2.24, 2.45) is 0 Å². The van der Waals surface area contributed by atoms with Gasteiger partial charge in [-0.25, -0.2) is 0 Å². The summed E-state index contributed by atoms with van der Waals surface area (Å²) < 4.78 is 5.36. The predicted octanol–water partition coefficient (Wildman–Crippen LogP) is 2.87. The van der Waals surface area contributed by atoms with Gasteiger partial charge in [0.15, 0.2) is 0 Å². The zero-order valence-corrected chi connectivity index (χ0v) is 12.3. The Kier molecular flexibility index (Phi) is 3.90. The number of hydrogen-bond acceptors (Lipinski definition) is 3. The molecule has 1 aromatic carbocycles. The van der Waals surface area contributed by atoms with E-state index in [1.807, 2.05) is 6.92 Å². The predicted molar refractivity (Wildman–Crippen MR) is 80.5 cm³/mol. The van der Waals surface area contributed by atoms with E-state index in [1.54, 1.807) is 6.26 Å². The van der Waals surface area contributed by atoms with E-state index >= 15 is 0 Å². The lowest BCUT2D eigenvalue weighted by Gasteiger charge is -2.20. The van der Waals surface area contributed by atoms with Crippen molar-refractivity contribution in [3.8, 4) is 0 Å². The van der Waals surface area contributed by atoms with E-state index in [9.17, 15) is 0 Å². The second-order valence-electron chi connectivity index (χ2n) is 5.70. The zero-order chi connectivity index (χ0) is 13.9. The van der Waals surface area contributed by atoms with Gasteiger partial charge in [-0.05, 0) is 49.7 Å². The van der Waals surface area contributed by atoms with Crippen LogP contribution >= 0.6 is 0 Å². The molecule has 20 heavy (non-hydrogen) atoms. The molecule has 0 saturated heterocycles. The minimum Gasteiger partial charge on any atom is -0.469 e. The van der Waals surface area contributed by atoms with E-state index in [1.165, 1.54) is 22.3 Å². The second kappa shape index (κ2) is 5.81. The van der Waals surface area contributed by atoms with Gasteiger partial charge in [-0.15, -0.1) is 0 Å². The van der Waals surface area contributed by atoms with Crippen LogP contribution in [0.2, 0.25) is 0 Å². The topological polar surface area (TPSA) is 28.4 Å². The average molecular weight is 270 g/mol. The number of nitrogens with one attached hydrogen (secondary N) is 1. The fourth-order valence-electron chi connectivity index (χ4n) is 2.87. The minimum absolute atomic E-state index is 0.928. The van der Waals surface area contributed by atoms with Crippen LogP contribution in [0.25, 0.3) is 0 Å². The van der Waals surface area contributed by atoms with Crippen LogP contribution in [0, 0.1) is 6.92 Å². The van der Waals surface area contributed by atoms with Crippen LogP contribution in [0.3, 0.4) is 0 Å². The van der Waals surface area contributed by atoms with Crippen molar-refractivity contribution >= 4 is 0 Å². The second-order valence-corrected chi connectivity index (χ2v) is 5.70. The van der Waals surface area contributed by atoms with Crippen molar-refractivity contribution in [2.45, 2.75) is 33.0 Å². The molecule has 1 aliphatic heterocycles. The summed E-state index contributed by atoms with van der Waals surface area (Å²) >= 11 is 0. The summed E-state index contributed by atoms with van der Waals surface area (Å²) in [5, 5.41) is 3.44. The van der Waals surface area contributed by atoms with Gasteiger partial charge in [-0.1, -0.05) is 18.2 Å². The van der Waals surface area contributed by atoms with Crippen LogP contribution in [0.5, 0.6) is 0 Å². The molecule has 2 heterocycles. The van der Waals surface area contributed by atoms with Gasteiger partial charge >= 0.3 is 0 Å². The molecule has 1 aliphatic rings. The maximum atomic E-state index is 5.36. The van der Waals surface area contributed by atoms with E-state index in [0.29, 0.717) is 0 Å². The average Bonchev–Trinajstić information content (AvgIpc) is 2.84. The summed E-state index contributed by atoms with van der Waals surface area (Å²) in [7, 11) is 2.16. The van der Waals surface area contributed by atoms with Crippen molar-refractivity contribution in [1.29, 1.82) is 0 Å². The highest BCUT2D eigenvalue weighted by Crippen LogP contribution is 2.18. The summed E-state index contributed by atoms with van der Waals surface area (Å²) in [4.78, 5) is 2.33. The first-order chi connectivity index (χ1) is 9.72. The Morgan fingerprint density at radius 2 is 2.10 bits per heavy atom. The Balaban J connectivity index is 1.66.